The van der Waals surface area contributed by atoms with E-state index in [-0.39, 0.29) is 16.5 Å². The van der Waals surface area contributed by atoms with Gasteiger partial charge in [-0.05, 0) is 48.7 Å². The number of thiophene rings is 1. The molecule has 0 radical (unpaired) electrons. The molecular weight excluding hydrogens is 491 g/mol. The Labute approximate surface area is 207 Å². The Morgan fingerprint density at radius 2 is 1.83 bits per heavy atom. The zero-order valence-electron chi connectivity index (χ0n) is 19.1. The van der Waals surface area contributed by atoms with Crippen LogP contribution in [0.5, 0.6) is 0 Å². The van der Waals surface area contributed by atoms with Crippen molar-refractivity contribution < 1.29 is 27.1 Å². The first kappa shape index (κ1) is 25.0. The molecule has 2 aromatic carbocycles. The number of hydrogen-bond acceptors (Lipinski definition) is 7. The number of esters is 1. The normalized spacial score (nSPS) is 13.8. The van der Waals surface area contributed by atoms with Crippen LogP contribution in [0.2, 0.25) is 0 Å². The summed E-state index contributed by atoms with van der Waals surface area (Å²) in [6.07, 6.45) is 0.608. The van der Waals surface area contributed by atoms with Gasteiger partial charge in [0.2, 0.25) is 5.91 Å². The maximum atomic E-state index is 13.1. The fourth-order valence-corrected chi connectivity index (χ4v) is 6.43. The summed E-state index contributed by atoms with van der Waals surface area (Å²) in [7, 11) is -3.98. The van der Waals surface area contributed by atoms with E-state index >= 15 is 0 Å². The summed E-state index contributed by atoms with van der Waals surface area (Å²) in [6, 6.07) is 14.3. The molecule has 7 nitrogen and oxygen atoms in total. The zero-order chi connectivity index (χ0) is 25.0. The van der Waals surface area contributed by atoms with E-state index in [4.69, 9.17) is 4.74 Å². The van der Waals surface area contributed by atoms with Gasteiger partial charge in [-0.1, -0.05) is 30.3 Å². The van der Waals surface area contributed by atoms with Crippen molar-refractivity contribution in [3.63, 3.8) is 0 Å². The van der Waals surface area contributed by atoms with Gasteiger partial charge in [-0.15, -0.1) is 11.3 Å². The van der Waals surface area contributed by atoms with E-state index in [1.54, 1.807) is 6.92 Å². The number of anilines is 1. The number of benzene rings is 2. The summed E-state index contributed by atoms with van der Waals surface area (Å²) in [4.78, 5) is 28.5. The summed E-state index contributed by atoms with van der Waals surface area (Å²) in [5, 5.41) is 2.90. The van der Waals surface area contributed by atoms with Crippen molar-refractivity contribution >= 4 is 38.1 Å². The number of halogens is 1. The quantitative estimate of drug-likeness (QED) is 0.359. The van der Waals surface area contributed by atoms with Gasteiger partial charge in [0.05, 0.1) is 17.1 Å². The topological polar surface area (TPSA) is 92.8 Å². The summed E-state index contributed by atoms with van der Waals surface area (Å²) in [5.41, 5.74) is 2.30. The number of carbonyl (C=O) groups is 2. The highest BCUT2D eigenvalue weighted by atomic mass is 32.2. The average Bonchev–Trinajstić information content (AvgIpc) is 3.16. The van der Waals surface area contributed by atoms with Gasteiger partial charge in [0, 0.05) is 24.5 Å². The van der Waals surface area contributed by atoms with Crippen molar-refractivity contribution in [3.8, 4) is 0 Å². The summed E-state index contributed by atoms with van der Waals surface area (Å²) in [6.45, 7) is 3.97. The van der Waals surface area contributed by atoms with Crippen LogP contribution in [0.3, 0.4) is 0 Å². The van der Waals surface area contributed by atoms with Crippen molar-refractivity contribution in [1.82, 2.24) is 4.90 Å². The van der Waals surface area contributed by atoms with Gasteiger partial charge >= 0.3 is 5.97 Å². The van der Waals surface area contributed by atoms with Crippen LogP contribution in [0.25, 0.3) is 0 Å². The molecule has 1 aliphatic rings. The third-order valence-corrected chi connectivity index (χ3v) is 8.38. The third-order valence-electron chi connectivity index (χ3n) is 5.61. The van der Waals surface area contributed by atoms with Crippen LogP contribution in [-0.2, 0) is 38.9 Å². The van der Waals surface area contributed by atoms with E-state index in [0.717, 1.165) is 47.8 Å². The molecule has 184 valence electrons. The molecule has 0 bridgehead atoms. The number of nitrogens with one attached hydrogen (secondary N) is 1. The van der Waals surface area contributed by atoms with Crippen molar-refractivity contribution in [2.75, 3.05) is 24.2 Å². The minimum Gasteiger partial charge on any atom is -0.462 e. The lowest BCUT2D eigenvalue weighted by molar-refractivity contribution is -0.113. The highest BCUT2D eigenvalue weighted by Gasteiger charge is 2.30. The van der Waals surface area contributed by atoms with E-state index in [2.05, 4.69) is 22.3 Å². The molecule has 10 heteroatoms. The molecule has 0 atom stereocenters. The Kier molecular flexibility index (Phi) is 7.63. The van der Waals surface area contributed by atoms with Gasteiger partial charge < -0.3 is 10.1 Å². The number of nitrogens with zero attached hydrogens (tertiary/aromatic N) is 1. The lowest BCUT2D eigenvalue weighted by Crippen LogP contribution is -2.30. The Bertz CT molecular complexity index is 1320. The third kappa shape index (κ3) is 5.95. The van der Waals surface area contributed by atoms with Crippen LogP contribution in [0.15, 0.2) is 59.5 Å². The number of sulfone groups is 1. The van der Waals surface area contributed by atoms with Crippen molar-refractivity contribution in [2.24, 2.45) is 0 Å². The predicted molar refractivity (Wildman–Crippen MR) is 132 cm³/mol. The van der Waals surface area contributed by atoms with E-state index in [1.807, 2.05) is 18.2 Å². The SMILES string of the molecule is CCOC(=O)c1c(NC(=O)CS(=O)(=O)c2ccc(F)cc2)sc2c1CCN(Cc1ccccc1)C2. The van der Waals surface area contributed by atoms with E-state index in [1.165, 1.54) is 16.9 Å². The van der Waals surface area contributed by atoms with Crippen molar-refractivity contribution in [2.45, 2.75) is 31.3 Å². The number of amides is 1. The second kappa shape index (κ2) is 10.7. The number of carbonyl (C=O) groups excluding carboxylic acids is 2. The van der Waals surface area contributed by atoms with Crippen LogP contribution < -0.4 is 5.32 Å². The smallest absolute Gasteiger partial charge is 0.341 e. The van der Waals surface area contributed by atoms with E-state index in [0.29, 0.717) is 18.5 Å². The Morgan fingerprint density at radius 3 is 2.51 bits per heavy atom. The molecule has 1 amide bonds. The zero-order valence-corrected chi connectivity index (χ0v) is 20.8. The fourth-order valence-electron chi connectivity index (χ4n) is 4.00. The first-order valence-corrected chi connectivity index (χ1v) is 13.6. The molecule has 0 aliphatic carbocycles. The molecule has 4 rings (SSSR count). The summed E-state index contributed by atoms with van der Waals surface area (Å²) < 4.78 is 43.6. The van der Waals surface area contributed by atoms with Gasteiger partial charge in [-0.25, -0.2) is 17.6 Å². The van der Waals surface area contributed by atoms with Gasteiger partial charge in [0.25, 0.3) is 0 Å². The van der Waals surface area contributed by atoms with Gasteiger partial charge in [-0.3, -0.25) is 9.69 Å². The van der Waals surface area contributed by atoms with E-state index < -0.39 is 33.3 Å². The molecule has 2 heterocycles. The van der Waals surface area contributed by atoms with E-state index in [9.17, 15) is 22.4 Å². The Balaban J connectivity index is 1.54. The second-order valence-corrected chi connectivity index (χ2v) is 11.2. The molecule has 1 aliphatic heterocycles. The maximum Gasteiger partial charge on any atom is 0.341 e. The van der Waals surface area contributed by atoms with Crippen molar-refractivity contribution in [1.29, 1.82) is 0 Å². The molecule has 0 fully saturated rings. The lowest BCUT2D eigenvalue weighted by atomic mass is 10.0. The molecule has 1 N–H and O–H groups in total. The van der Waals surface area contributed by atoms with Gasteiger partial charge in [0.15, 0.2) is 9.84 Å². The maximum absolute atomic E-state index is 13.1. The van der Waals surface area contributed by atoms with Crippen LogP contribution >= 0.6 is 11.3 Å². The monoisotopic (exact) mass is 516 g/mol. The van der Waals surface area contributed by atoms with Crippen LogP contribution in [0.4, 0.5) is 9.39 Å². The molecule has 35 heavy (non-hydrogen) atoms. The molecule has 0 spiro atoms. The molecule has 0 saturated heterocycles. The minimum atomic E-state index is -3.98. The average molecular weight is 517 g/mol. The summed E-state index contributed by atoms with van der Waals surface area (Å²) >= 11 is 1.26. The highest BCUT2D eigenvalue weighted by Crippen LogP contribution is 2.38. The first-order chi connectivity index (χ1) is 16.8. The van der Waals surface area contributed by atoms with Gasteiger partial charge in [0.1, 0.15) is 16.6 Å². The standard InChI is InChI=1S/C25H25FN2O5S2/c1-2-33-25(30)23-20-12-13-28(14-17-6-4-3-5-7-17)15-21(20)34-24(23)27-22(29)16-35(31,32)19-10-8-18(26)9-11-19/h3-11H,2,12-16H2,1H3,(H,27,29). The molecule has 1 aromatic heterocycles. The molecule has 0 saturated carbocycles. The predicted octanol–water partition coefficient (Wildman–Crippen LogP) is 4.03. The number of rotatable bonds is 8. The Hall–Kier alpha value is -3.08. The number of hydrogen-bond donors (Lipinski definition) is 1. The van der Waals surface area contributed by atoms with Crippen LogP contribution in [-0.4, -0.2) is 44.1 Å². The lowest BCUT2D eigenvalue weighted by Gasteiger charge is -2.27. The Morgan fingerprint density at radius 1 is 1.11 bits per heavy atom. The highest BCUT2D eigenvalue weighted by molar-refractivity contribution is 7.92. The largest absolute Gasteiger partial charge is 0.462 e. The number of fused-ring (bicyclic) bond motifs is 1. The van der Waals surface area contributed by atoms with Gasteiger partial charge in [-0.2, -0.15) is 0 Å². The van der Waals surface area contributed by atoms with Crippen LogP contribution in [0.1, 0.15) is 33.3 Å². The minimum absolute atomic E-state index is 0.151. The first-order valence-electron chi connectivity index (χ1n) is 11.1. The molecule has 3 aromatic rings. The fraction of sp³-hybridized carbons (Fsp3) is 0.280. The molecular formula is C25H25FN2O5S2. The molecule has 0 unspecified atom stereocenters. The summed E-state index contributed by atoms with van der Waals surface area (Å²) in [5.74, 6) is -2.72. The van der Waals surface area contributed by atoms with Crippen LogP contribution in [0, 0.1) is 5.82 Å². The van der Waals surface area contributed by atoms with Crippen molar-refractivity contribution in [3.05, 3.63) is 82.0 Å². The number of ether oxygens (including phenoxy) is 1. The second-order valence-electron chi connectivity index (χ2n) is 8.14.